The molecule has 92 valence electrons. The minimum absolute atomic E-state index is 0.0485. The van der Waals surface area contributed by atoms with Crippen molar-refractivity contribution in [2.45, 2.75) is 6.92 Å². The average molecular weight is 244 g/mol. The van der Waals surface area contributed by atoms with Crippen LogP contribution in [0.3, 0.4) is 0 Å². The molecule has 18 heavy (non-hydrogen) atoms. The molecule has 0 saturated heterocycles. The largest absolute Gasteiger partial charge is 0.457 e. The van der Waals surface area contributed by atoms with Crippen LogP contribution in [0.5, 0.6) is 11.5 Å². The fourth-order valence-corrected chi connectivity index (χ4v) is 1.57. The second kappa shape index (κ2) is 4.75. The number of nitrogen functional groups attached to an aromatic ring is 1. The van der Waals surface area contributed by atoms with Gasteiger partial charge in [0.05, 0.1) is 4.92 Å². The number of anilines is 1. The average Bonchev–Trinajstić information content (AvgIpc) is 2.31. The van der Waals surface area contributed by atoms with E-state index >= 15 is 0 Å². The molecule has 0 saturated carbocycles. The highest BCUT2D eigenvalue weighted by atomic mass is 16.6. The second-order valence-corrected chi connectivity index (χ2v) is 3.88. The standard InChI is InChI=1S/C13H12N2O3/c1-9-7-11(15(16)17)5-6-13(9)18-12-4-2-3-10(14)8-12/h2-8H,14H2,1H3. The molecule has 0 aromatic heterocycles. The fourth-order valence-electron chi connectivity index (χ4n) is 1.57. The summed E-state index contributed by atoms with van der Waals surface area (Å²) in [5.41, 5.74) is 7.00. The molecule has 2 rings (SSSR count). The van der Waals surface area contributed by atoms with Gasteiger partial charge in [-0.05, 0) is 30.7 Å². The monoisotopic (exact) mass is 244 g/mol. The van der Waals surface area contributed by atoms with E-state index in [0.29, 0.717) is 22.7 Å². The molecule has 2 aromatic rings. The summed E-state index contributed by atoms with van der Waals surface area (Å²) in [6, 6.07) is 11.5. The lowest BCUT2D eigenvalue weighted by Crippen LogP contribution is -1.92. The molecule has 0 bridgehead atoms. The van der Waals surface area contributed by atoms with E-state index in [0.717, 1.165) is 0 Å². The summed E-state index contributed by atoms with van der Waals surface area (Å²) in [5, 5.41) is 10.6. The van der Waals surface area contributed by atoms with Crippen molar-refractivity contribution >= 4 is 11.4 Å². The van der Waals surface area contributed by atoms with E-state index in [1.165, 1.54) is 12.1 Å². The molecule has 0 heterocycles. The van der Waals surface area contributed by atoms with Crippen LogP contribution in [0, 0.1) is 17.0 Å². The van der Waals surface area contributed by atoms with Gasteiger partial charge in [0, 0.05) is 23.9 Å². The lowest BCUT2D eigenvalue weighted by Gasteiger charge is -2.08. The van der Waals surface area contributed by atoms with Crippen molar-refractivity contribution in [2.24, 2.45) is 0 Å². The number of hydrogen-bond donors (Lipinski definition) is 1. The Hall–Kier alpha value is -2.56. The van der Waals surface area contributed by atoms with Crippen LogP contribution in [0.4, 0.5) is 11.4 Å². The predicted octanol–water partition coefficient (Wildman–Crippen LogP) is 3.28. The van der Waals surface area contributed by atoms with Crippen molar-refractivity contribution in [3.05, 3.63) is 58.1 Å². The molecule has 2 N–H and O–H groups in total. The lowest BCUT2D eigenvalue weighted by molar-refractivity contribution is -0.384. The summed E-state index contributed by atoms with van der Waals surface area (Å²) in [7, 11) is 0. The van der Waals surface area contributed by atoms with E-state index in [9.17, 15) is 10.1 Å². The van der Waals surface area contributed by atoms with Crippen molar-refractivity contribution in [1.29, 1.82) is 0 Å². The van der Waals surface area contributed by atoms with Crippen LogP contribution in [0.2, 0.25) is 0 Å². The molecule has 0 fully saturated rings. The van der Waals surface area contributed by atoms with Gasteiger partial charge in [-0.25, -0.2) is 0 Å². The lowest BCUT2D eigenvalue weighted by atomic mass is 10.2. The molecule has 0 unspecified atom stereocenters. The smallest absolute Gasteiger partial charge is 0.269 e. The SMILES string of the molecule is Cc1cc([N+](=O)[O-])ccc1Oc1cccc(N)c1. The number of hydrogen-bond acceptors (Lipinski definition) is 4. The molecule has 0 radical (unpaired) electrons. The maximum absolute atomic E-state index is 10.6. The Morgan fingerprint density at radius 2 is 2.00 bits per heavy atom. The number of nitrogens with zero attached hydrogens (tertiary/aromatic N) is 1. The molecular formula is C13H12N2O3. The van der Waals surface area contributed by atoms with E-state index in [4.69, 9.17) is 10.5 Å². The van der Waals surface area contributed by atoms with Crippen LogP contribution in [0.25, 0.3) is 0 Å². The Balaban J connectivity index is 2.27. The van der Waals surface area contributed by atoms with Gasteiger partial charge in [0.2, 0.25) is 0 Å². The quantitative estimate of drug-likeness (QED) is 0.510. The molecule has 5 nitrogen and oxygen atoms in total. The van der Waals surface area contributed by atoms with Crippen LogP contribution in [0.1, 0.15) is 5.56 Å². The Morgan fingerprint density at radius 1 is 1.22 bits per heavy atom. The zero-order valence-corrected chi connectivity index (χ0v) is 9.79. The minimum atomic E-state index is -0.433. The van der Waals surface area contributed by atoms with Gasteiger partial charge >= 0.3 is 0 Å². The van der Waals surface area contributed by atoms with E-state index in [-0.39, 0.29) is 5.69 Å². The van der Waals surface area contributed by atoms with Crippen LogP contribution >= 0.6 is 0 Å². The number of nitrogens with two attached hydrogens (primary N) is 1. The topological polar surface area (TPSA) is 78.4 Å². The number of nitro groups is 1. The van der Waals surface area contributed by atoms with Gasteiger partial charge in [-0.3, -0.25) is 10.1 Å². The summed E-state index contributed by atoms with van der Waals surface area (Å²) >= 11 is 0. The summed E-state index contributed by atoms with van der Waals surface area (Å²) in [6.07, 6.45) is 0. The van der Waals surface area contributed by atoms with E-state index in [2.05, 4.69) is 0 Å². The van der Waals surface area contributed by atoms with Crippen LogP contribution in [-0.4, -0.2) is 4.92 Å². The first-order valence-corrected chi connectivity index (χ1v) is 5.35. The number of rotatable bonds is 3. The third kappa shape index (κ3) is 2.57. The highest BCUT2D eigenvalue weighted by Crippen LogP contribution is 2.28. The molecule has 0 spiro atoms. The van der Waals surface area contributed by atoms with E-state index in [1.807, 2.05) is 0 Å². The Bertz CT molecular complexity index is 597. The van der Waals surface area contributed by atoms with Gasteiger partial charge < -0.3 is 10.5 Å². The second-order valence-electron chi connectivity index (χ2n) is 3.88. The van der Waals surface area contributed by atoms with Gasteiger partial charge in [-0.1, -0.05) is 6.07 Å². The van der Waals surface area contributed by atoms with Crippen LogP contribution < -0.4 is 10.5 Å². The van der Waals surface area contributed by atoms with Gasteiger partial charge in [-0.2, -0.15) is 0 Å². The first-order valence-electron chi connectivity index (χ1n) is 5.35. The van der Waals surface area contributed by atoms with Crippen molar-refractivity contribution in [1.82, 2.24) is 0 Å². The molecule has 0 aliphatic heterocycles. The van der Waals surface area contributed by atoms with Crippen molar-refractivity contribution in [2.75, 3.05) is 5.73 Å². The normalized spacial score (nSPS) is 10.1. The van der Waals surface area contributed by atoms with Crippen molar-refractivity contribution in [3.63, 3.8) is 0 Å². The molecule has 0 aliphatic carbocycles. The summed E-state index contributed by atoms with van der Waals surface area (Å²) in [5.74, 6) is 1.18. The number of non-ortho nitro benzene ring substituents is 1. The number of benzene rings is 2. The van der Waals surface area contributed by atoms with E-state index < -0.39 is 4.92 Å². The van der Waals surface area contributed by atoms with Gasteiger partial charge in [0.25, 0.3) is 5.69 Å². The number of aryl methyl sites for hydroxylation is 1. The Kier molecular flexibility index (Phi) is 3.14. The molecule has 0 amide bonds. The first-order chi connectivity index (χ1) is 8.56. The van der Waals surface area contributed by atoms with E-state index in [1.54, 1.807) is 37.3 Å². The van der Waals surface area contributed by atoms with Gasteiger partial charge in [-0.15, -0.1) is 0 Å². The number of ether oxygens (including phenoxy) is 1. The zero-order chi connectivity index (χ0) is 13.1. The summed E-state index contributed by atoms with van der Waals surface area (Å²) in [6.45, 7) is 1.76. The van der Waals surface area contributed by atoms with Crippen LogP contribution in [0.15, 0.2) is 42.5 Å². The zero-order valence-electron chi connectivity index (χ0n) is 9.79. The molecule has 5 heteroatoms. The van der Waals surface area contributed by atoms with Crippen LogP contribution in [-0.2, 0) is 0 Å². The van der Waals surface area contributed by atoms with Crippen molar-refractivity contribution in [3.8, 4) is 11.5 Å². The Morgan fingerprint density at radius 3 is 2.61 bits per heavy atom. The third-order valence-corrected chi connectivity index (χ3v) is 2.46. The predicted molar refractivity (Wildman–Crippen MR) is 68.8 cm³/mol. The maximum Gasteiger partial charge on any atom is 0.269 e. The highest BCUT2D eigenvalue weighted by Gasteiger charge is 2.09. The van der Waals surface area contributed by atoms with Gasteiger partial charge in [0.15, 0.2) is 0 Å². The summed E-state index contributed by atoms with van der Waals surface area (Å²) in [4.78, 5) is 10.2. The molecule has 0 atom stereocenters. The first kappa shape index (κ1) is 11.9. The third-order valence-electron chi connectivity index (χ3n) is 2.46. The van der Waals surface area contributed by atoms with Gasteiger partial charge in [0.1, 0.15) is 11.5 Å². The fraction of sp³-hybridized carbons (Fsp3) is 0.0769. The molecule has 0 aliphatic rings. The highest BCUT2D eigenvalue weighted by molar-refractivity contribution is 5.48. The Labute approximate surface area is 104 Å². The molecular weight excluding hydrogens is 232 g/mol. The number of nitro benzene ring substituents is 1. The minimum Gasteiger partial charge on any atom is -0.457 e. The summed E-state index contributed by atoms with van der Waals surface area (Å²) < 4.78 is 5.62. The maximum atomic E-state index is 10.6. The van der Waals surface area contributed by atoms with Crippen molar-refractivity contribution < 1.29 is 9.66 Å². The molecule has 2 aromatic carbocycles.